The summed E-state index contributed by atoms with van der Waals surface area (Å²) in [4.78, 5) is 29.7. The number of benzene rings is 3. The van der Waals surface area contributed by atoms with E-state index in [9.17, 15) is 22.8 Å². The Kier molecular flexibility index (Phi) is 6.23. The standard InChI is InChI=1S/C27H26F3N3O2/c28-27(29,30)22-7-3-4-18(14-22)17-32-10-12-33(13-11-32)26(35)23-15-20-5-1-2-6-21(20)16-24(23)31-25(34)19-8-9-19/h1-7,14-16,19H,8-13,17H2,(H,31,34). The van der Waals surface area contributed by atoms with E-state index >= 15 is 0 Å². The molecule has 2 amide bonds. The molecule has 182 valence electrons. The highest BCUT2D eigenvalue weighted by molar-refractivity contribution is 6.08. The van der Waals surface area contributed by atoms with Crippen LogP contribution in [-0.4, -0.2) is 47.8 Å². The second-order valence-electron chi connectivity index (χ2n) is 9.27. The van der Waals surface area contributed by atoms with Gasteiger partial charge in [0.15, 0.2) is 0 Å². The third-order valence-electron chi connectivity index (χ3n) is 6.64. The van der Waals surface area contributed by atoms with Crippen molar-refractivity contribution >= 4 is 28.3 Å². The van der Waals surface area contributed by atoms with Crippen LogP contribution in [0.1, 0.15) is 34.3 Å². The summed E-state index contributed by atoms with van der Waals surface area (Å²) in [5.74, 6) is -0.190. The summed E-state index contributed by atoms with van der Waals surface area (Å²) in [7, 11) is 0. The van der Waals surface area contributed by atoms with E-state index in [1.807, 2.05) is 36.4 Å². The number of halogens is 3. The van der Waals surface area contributed by atoms with Gasteiger partial charge < -0.3 is 10.2 Å². The molecule has 0 aromatic heterocycles. The highest BCUT2D eigenvalue weighted by Gasteiger charge is 2.32. The normalized spacial score (nSPS) is 16.9. The number of alkyl halides is 3. The van der Waals surface area contributed by atoms with Crippen LogP contribution in [0.15, 0.2) is 60.7 Å². The number of fused-ring (bicyclic) bond motifs is 1. The first-order chi connectivity index (χ1) is 16.8. The first kappa shape index (κ1) is 23.4. The van der Waals surface area contributed by atoms with Crippen LogP contribution in [0.2, 0.25) is 0 Å². The van der Waals surface area contributed by atoms with Gasteiger partial charge in [-0.1, -0.05) is 42.5 Å². The first-order valence-corrected chi connectivity index (χ1v) is 11.8. The summed E-state index contributed by atoms with van der Waals surface area (Å²) in [5, 5.41) is 4.82. The Morgan fingerprint density at radius 3 is 2.23 bits per heavy atom. The molecule has 1 heterocycles. The Morgan fingerprint density at radius 2 is 1.57 bits per heavy atom. The van der Waals surface area contributed by atoms with Crippen molar-refractivity contribution in [2.45, 2.75) is 25.6 Å². The van der Waals surface area contributed by atoms with Gasteiger partial charge in [-0.15, -0.1) is 0 Å². The van der Waals surface area contributed by atoms with Gasteiger partial charge in [0.2, 0.25) is 5.91 Å². The fourth-order valence-corrected chi connectivity index (χ4v) is 4.48. The number of rotatable bonds is 5. The van der Waals surface area contributed by atoms with Crippen LogP contribution in [0.25, 0.3) is 10.8 Å². The Bertz CT molecular complexity index is 1260. The molecule has 5 rings (SSSR count). The Labute approximate surface area is 201 Å². The molecule has 1 N–H and O–H groups in total. The number of piperazine rings is 1. The molecule has 35 heavy (non-hydrogen) atoms. The summed E-state index contributed by atoms with van der Waals surface area (Å²) in [5.41, 5.74) is 0.932. The van der Waals surface area contributed by atoms with Crippen LogP contribution >= 0.6 is 0 Å². The quantitative estimate of drug-likeness (QED) is 0.548. The average Bonchev–Trinajstić information content (AvgIpc) is 3.69. The molecule has 1 aliphatic heterocycles. The Balaban J connectivity index is 1.29. The molecule has 2 fully saturated rings. The van der Waals surface area contributed by atoms with E-state index in [1.54, 1.807) is 11.0 Å². The van der Waals surface area contributed by atoms with Crippen LogP contribution in [0.3, 0.4) is 0 Å². The number of carbonyl (C=O) groups excluding carboxylic acids is 2. The molecule has 0 spiro atoms. The number of nitrogens with zero attached hydrogens (tertiary/aromatic N) is 2. The number of hydrogen-bond donors (Lipinski definition) is 1. The van der Waals surface area contributed by atoms with E-state index in [0.29, 0.717) is 49.5 Å². The maximum atomic E-state index is 13.5. The molecular weight excluding hydrogens is 455 g/mol. The zero-order valence-electron chi connectivity index (χ0n) is 19.1. The minimum Gasteiger partial charge on any atom is -0.336 e. The molecule has 1 saturated carbocycles. The molecule has 0 unspecified atom stereocenters. The number of hydrogen-bond acceptors (Lipinski definition) is 3. The van der Waals surface area contributed by atoms with Gasteiger partial charge in [-0.2, -0.15) is 13.2 Å². The molecule has 3 aromatic rings. The van der Waals surface area contributed by atoms with E-state index in [1.165, 1.54) is 12.1 Å². The van der Waals surface area contributed by atoms with E-state index in [4.69, 9.17) is 0 Å². The van der Waals surface area contributed by atoms with Crippen molar-refractivity contribution in [1.29, 1.82) is 0 Å². The molecule has 3 aromatic carbocycles. The maximum Gasteiger partial charge on any atom is 0.416 e. The topological polar surface area (TPSA) is 52.7 Å². The van der Waals surface area contributed by atoms with E-state index < -0.39 is 11.7 Å². The van der Waals surface area contributed by atoms with Gasteiger partial charge in [0.05, 0.1) is 16.8 Å². The largest absolute Gasteiger partial charge is 0.416 e. The van der Waals surface area contributed by atoms with Gasteiger partial charge in [-0.25, -0.2) is 0 Å². The Morgan fingerprint density at radius 1 is 0.886 bits per heavy atom. The third kappa shape index (κ3) is 5.32. The molecule has 0 bridgehead atoms. The lowest BCUT2D eigenvalue weighted by Crippen LogP contribution is -2.48. The van der Waals surface area contributed by atoms with Gasteiger partial charge in [0.25, 0.3) is 5.91 Å². The van der Waals surface area contributed by atoms with Gasteiger partial charge in [-0.3, -0.25) is 14.5 Å². The number of anilines is 1. The minimum absolute atomic E-state index is 0.0174. The number of nitrogens with one attached hydrogen (secondary N) is 1. The Hall–Kier alpha value is -3.39. The third-order valence-corrected chi connectivity index (χ3v) is 6.64. The molecule has 8 heteroatoms. The van der Waals surface area contributed by atoms with Crippen molar-refractivity contribution in [1.82, 2.24) is 9.80 Å². The second kappa shape index (κ2) is 9.34. The first-order valence-electron chi connectivity index (χ1n) is 11.8. The summed E-state index contributed by atoms with van der Waals surface area (Å²) in [6.07, 6.45) is -2.62. The van der Waals surface area contributed by atoms with Gasteiger partial charge in [0.1, 0.15) is 0 Å². The molecule has 0 atom stereocenters. The minimum atomic E-state index is -4.37. The number of amides is 2. The summed E-state index contributed by atoms with van der Waals surface area (Å²) in [6.45, 7) is 2.42. The van der Waals surface area contributed by atoms with Crippen LogP contribution < -0.4 is 5.32 Å². The van der Waals surface area contributed by atoms with E-state index in [0.717, 1.165) is 29.7 Å². The van der Waals surface area contributed by atoms with Crippen molar-refractivity contribution in [3.63, 3.8) is 0 Å². The predicted molar refractivity (Wildman–Crippen MR) is 128 cm³/mol. The monoisotopic (exact) mass is 481 g/mol. The molecule has 5 nitrogen and oxygen atoms in total. The van der Waals surface area contributed by atoms with Gasteiger partial charge in [0, 0.05) is 38.6 Å². The SMILES string of the molecule is O=C(Nc1cc2ccccc2cc1C(=O)N1CCN(Cc2cccc(C(F)(F)F)c2)CC1)C1CC1. The predicted octanol–water partition coefficient (Wildman–Crippen LogP) is 5.17. The van der Waals surface area contributed by atoms with Crippen molar-refractivity contribution in [2.75, 3.05) is 31.5 Å². The lowest BCUT2D eigenvalue weighted by Gasteiger charge is -2.35. The second-order valence-corrected chi connectivity index (χ2v) is 9.27. The fourth-order valence-electron chi connectivity index (χ4n) is 4.48. The highest BCUT2D eigenvalue weighted by atomic mass is 19.4. The van der Waals surface area contributed by atoms with Crippen LogP contribution in [0.5, 0.6) is 0 Å². The van der Waals surface area contributed by atoms with Crippen LogP contribution in [0, 0.1) is 5.92 Å². The summed E-state index contributed by atoms with van der Waals surface area (Å²) < 4.78 is 39.1. The molecular formula is C27H26F3N3O2. The van der Waals surface area contributed by atoms with Crippen molar-refractivity contribution < 1.29 is 22.8 Å². The summed E-state index contributed by atoms with van der Waals surface area (Å²) >= 11 is 0. The summed E-state index contributed by atoms with van der Waals surface area (Å²) in [6, 6.07) is 16.8. The van der Waals surface area contributed by atoms with Gasteiger partial charge >= 0.3 is 6.18 Å². The fraction of sp³-hybridized carbons (Fsp3) is 0.333. The van der Waals surface area contributed by atoms with Crippen LogP contribution in [-0.2, 0) is 17.5 Å². The molecule has 1 saturated heterocycles. The average molecular weight is 482 g/mol. The van der Waals surface area contributed by atoms with Crippen molar-refractivity contribution in [3.8, 4) is 0 Å². The lowest BCUT2D eigenvalue weighted by atomic mass is 10.0. The van der Waals surface area contributed by atoms with E-state index in [2.05, 4.69) is 10.2 Å². The molecule has 2 aliphatic rings. The molecule has 1 aliphatic carbocycles. The zero-order valence-corrected chi connectivity index (χ0v) is 19.1. The maximum absolute atomic E-state index is 13.5. The van der Waals surface area contributed by atoms with Crippen molar-refractivity contribution in [2.24, 2.45) is 5.92 Å². The van der Waals surface area contributed by atoms with Crippen molar-refractivity contribution in [3.05, 3.63) is 77.4 Å². The van der Waals surface area contributed by atoms with Crippen LogP contribution in [0.4, 0.5) is 18.9 Å². The van der Waals surface area contributed by atoms with Gasteiger partial charge in [-0.05, 0) is 47.4 Å². The molecule has 0 radical (unpaired) electrons. The van der Waals surface area contributed by atoms with E-state index in [-0.39, 0.29) is 17.7 Å². The highest BCUT2D eigenvalue weighted by Crippen LogP contribution is 2.33. The zero-order chi connectivity index (χ0) is 24.6. The lowest BCUT2D eigenvalue weighted by molar-refractivity contribution is -0.137. The number of carbonyl (C=O) groups is 2. The smallest absolute Gasteiger partial charge is 0.336 e.